The molecule has 1 aliphatic heterocycles. The van der Waals surface area contributed by atoms with Crippen LogP contribution in [-0.4, -0.2) is 33.4 Å². The van der Waals surface area contributed by atoms with Crippen LogP contribution in [0.4, 0.5) is 11.4 Å². The van der Waals surface area contributed by atoms with E-state index in [1.165, 1.54) is 5.56 Å². The molecular weight excluding hydrogens is 459 g/mol. The van der Waals surface area contributed by atoms with Crippen LogP contribution < -0.4 is 19.7 Å². The first-order valence-corrected chi connectivity index (χ1v) is 11.7. The van der Waals surface area contributed by atoms with Gasteiger partial charge in [-0.15, -0.1) is 0 Å². The number of ether oxygens (including phenoxy) is 3. The highest BCUT2D eigenvalue weighted by molar-refractivity contribution is 6.33. The number of halogens is 2. The molecule has 5 nitrogen and oxygen atoms in total. The first-order chi connectivity index (χ1) is 16.0. The first-order valence-electron chi connectivity index (χ1n) is 10.9. The molecule has 0 unspecified atom stereocenters. The van der Waals surface area contributed by atoms with E-state index in [1.807, 2.05) is 42.5 Å². The number of morpholine rings is 1. The number of aryl methyl sites for hydroxylation is 1. The Morgan fingerprint density at radius 2 is 1.79 bits per heavy atom. The van der Waals surface area contributed by atoms with Crippen LogP contribution in [0.5, 0.6) is 11.5 Å². The lowest BCUT2D eigenvalue weighted by Gasteiger charge is -2.29. The summed E-state index contributed by atoms with van der Waals surface area (Å²) in [6.45, 7) is 6.18. The fraction of sp³-hybridized carbons (Fsp3) is 0.308. The summed E-state index contributed by atoms with van der Waals surface area (Å²) in [4.78, 5) is 2.24. The topological polar surface area (TPSA) is 43.0 Å². The summed E-state index contributed by atoms with van der Waals surface area (Å²) in [5, 5.41) is 4.72. The molecule has 0 spiro atoms. The lowest BCUT2D eigenvalue weighted by Crippen LogP contribution is -2.36. The van der Waals surface area contributed by atoms with Crippen LogP contribution in [0, 0.1) is 6.92 Å². The monoisotopic (exact) mass is 486 g/mol. The van der Waals surface area contributed by atoms with E-state index < -0.39 is 0 Å². The van der Waals surface area contributed by atoms with Gasteiger partial charge in [-0.2, -0.15) is 0 Å². The highest BCUT2D eigenvalue weighted by Crippen LogP contribution is 2.35. The molecule has 1 N–H and O–H groups in total. The second kappa shape index (κ2) is 11.0. The lowest BCUT2D eigenvalue weighted by molar-refractivity contribution is 0.122. The van der Waals surface area contributed by atoms with Gasteiger partial charge in [0.15, 0.2) is 11.5 Å². The van der Waals surface area contributed by atoms with Crippen molar-refractivity contribution in [3.8, 4) is 11.5 Å². The summed E-state index contributed by atoms with van der Waals surface area (Å²) < 4.78 is 17.0. The smallest absolute Gasteiger partial charge is 0.163 e. The summed E-state index contributed by atoms with van der Waals surface area (Å²) >= 11 is 13.1. The highest BCUT2D eigenvalue weighted by atomic mass is 35.5. The fourth-order valence-corrected chi connectivity index (χ4v) is 4.34. The van der Waals surface area contributed by atoms with Crippen LogP contribution >= 0.6 is 23.2 Å². The van der Waals surface area contributed by atoms with Gasteiger partial charge < -0.3 is 24.4 Å². The molecule has 1 fully saturated rings. The Hall–Kier alpha value is -2.60. The molecule has 0 atom stereocenters. The number of benzene rings is 3. The molecule has 174 valence electrons. The minimum Gasteiger partial charge on any atom is -0.493 e. The van der Waals surface area contributed by atoms with Crippen molar-refractivity contribution in [3.63, 3.8) is 0 Å². The number of hydrogen-bond donors (Lipinski definition) is 1. The van der Waals surface area contributed by atoms with Gasteiger partial charge in [-0.3, -0.25) is 0 Å². The maximum Gasteiger partial charge on any atom is 0.163 e. The second-order valence-corrected chi connectivity index (χ2v) is 8.81. The normalized spacial score (nSPS) is 13.6. The maximum absolute atomic E-state index is 6.57. The number of nitrogens with one attached hydrogen (secondary N) is 1. The van der Waals surface area contributed by atoms with Gasteiger partial charge in [0, 0.05) is 36.4 Å². The van der Waals surface area contributed by atoms with Crippen LogP contribution in [0.1, 0.15) is 16.7 Å². The van der Waals surface area contributed by atoms with Crippen molar-refractivity contribution in [1.29, 1.82) is 0 Å². The molecule has 0 aromatic heterocycles. The molecule has 1 heterocycles. The average molecular weight is 487 g/mol. The molecule has 4 rings (SSSR count). The number of methoxy groups -OCH3 is 1. The Balaban J connectivity index is 1.42. The minimum atomic E-state index is 0.444. The zero-order chi connectivity index (χ0) is 23.2. The lowest BCUT2D eigenvalue weighted by atomic mass is 10.1. The van der Waals surface area contributed by atoms with Crippen LogP contribution in [0.25, 0.3) is 0 Å². The van der Waals surface area contributed by atoms with E-state index in [-0.39, 0.29) is 0 Å². The molecule has 33 heavy (non-hydrogen) atoms. The SMILES string of the molecule is COc1cc(CNc2ccc(N3CCOCC3)c(Cl)c2)c(Cl)cc1OCc1cccc(C)c1. The van der Waals surface area contributed by atoms with Crippen LogP contribution in [0.2, 0.25) is 10.0 Å². The second-order valence-electron chi connectivity index (χ2n) is 7.99. The molecular formula is C26H28Cl2N2O3. The maximum atomic E-state index is 6.57. The van der Waals surface area contributed by atoms with Gasteiger partial charge in [-0.05, 0) is 42.3 Å². The van der Waals surface area contributed by atoms with E-state index in [9.17, 15) is 0 Å². The predicted octanol–water partition coefficient (Wildman–Crippen LogP) is 6.34. The van der Waals surface area contributed by atoms with Crippen LogP contribution in [0.15, 0.2) is 54.6 Å². The van der Waals surface area contributed by atoms with Gasteiger partial charge in [0.1, 0.15) is 6.61 Å². The van der Waals surface area contributed by atoms with Gasteiger partial charge in [0.2, 0.25) is 0 Å². The largest absolute Gasteiger partial charge is 0.493 e. The van der Waals surface area contributed by atoms with E-state index in [2.05, 4.69) is 29.3 Å². The predicted molar refractivity (Wildman–Crippen MR) is 135 cm³/mol. The van der Waals surface area contributed by atoms with E-state index >= 15 is 0 Å². The van der Waals surface area contributed by atoms with Gasteiger partial charge in [0.25, 0.3) is 0 Å². The minimum absolute atomic E-state index is 0.444. The Kier molecular flexibility index (Phi) is 7.86. The number of nitrogens with zero attached hydrogens (tertiary/aromatic N) is 1. The Morgan fingerprint density at radius 3 is 2.52 bits per heavy atom. The Labute approximate surface area is 205 Å². The molecule has 3 aromatic rings. The summed E-state index contributed by atoms with van der Waals surface area (Å²) in [7, 11) is 1.63. The Morgan fingerprint density at radius 1 is 0.970 bits per heavy atom. The Bertz CT molecular complexity index is 1100. The van der Waals surface area contributed by atoms with E-state index in [0.29, 0.717) is 34.7 Å². The van der Waals surface area contributed by atoms with Gasteiger partial charge in [0.05, 0.1) is 31.0 Å². The standard InChI is InChI=1S/C26H28Cl2N2O3/c1-18-4-3-5-19(12-18)17-33-26-15-22(27)20(13-25(26)31-2)16-29-21-6-7-24(23(28)14-21)30-8-10-32-11-9-30/h3-7,12-15,29H,8-11,16-17H2,1-2H3. The molecule has 0 aliphatic carbocycles. The number of rotatable bonds is 8. The zero-order valence-corrected chi connectivity index (χ0v) is 20.4. The summed E-state index contributed by atoms with van der Waals surface area (Å²) in [6.07, 6.45) is 0. The van der Waals surface area contributed by atoms with Gasteiger partial charge >= 0.3 is 0 Å². The fourth-order valence-electron chi connectivity index (χ4n) is 3.82. The molecule has 7 heteroatoms. The van der Waals surface area contributed by atoms with Crippen molar-refractivity contribution in [2.75, 3.05) is 43.6 Å². The highest BCUT2D eigenvalue weighted by Gasteiger charge is 2.15. The van der Waals surface area contributed by atoms with Crippen molar-refractivity contribution in [1.82, 2.24) is 0 Å². The molecule has 0 saturated carbocycles. The molecule has 1 aliphatic rings. The van der Waals surface area contributed by atoms with E-state index in [0.717, 1.165) is 48.8 Å². The van der Waals surface area contributed by atoms with Crippen molar-refractivity contribution in [2.45, 2.75) is 20.1 Å². The van der Waals surface area contributed by atoms with Crippen molar-refractivity contribution in [2.24, 2.45) is 0 Å². The third-order valence-electron chi connectivity index (χ3n) is 5.59. The molecule has 0 bridgehead atoms. The first kappa shape index (κ1) is 23.6. The number of anilines is 2. The third kappa shape index (κ3) is 6.05. The average Bonchev–Trinajstić information content (AvgIpc) is 2.82. The molecule has 0 radical (unpaired) electrons. The number of hydrogen-bond acceptors (Lipinski definition) is 5. The van der Waals surface area contributed by atoms with E-state index in [4.69, 9.17) is 37.4 Å². The van der Waals surface area contributed by atoms with Crippen LogP contribution in [-0.2, 0) is 17.9 Å². The molecule has 0 amide bonds. The molecule has 3 aromatic carbocycles. The summed E-state index contributed by atoms with van der Waals surface area (Å²) in [5.74, 6) is 1.26. The van der Waals surface area contributed by atoms with Gasteiger partial charge in [-0.1, -0.05) is 53.0 Å². The van der Waals surface area contributed by atoms with Gasteiger partial charge in [-0.25, -0.2) is 0 Å². The quantitative estimate of drug-likeness (QED) is 0.402. The van der Waals surface area contributed by atoms with Crippen molar-refractivity contribution in [3.05, 3.63) is 81.3 Å². The summed E-state index contributed by atoms with van der Waals surface area (Å²) in [5.41, 5.74) is 5.15. The summed E-state index contributed by atoms with van der Waals surface area (Å²) in [6, 6.07) is 17.9. The van der Waals surface area contributed by atoms with E-state index in [1.54, 1.807) is 7.11 Å². The molecule has 1 saturated heterocycles. The third-order valence-corrected chi connectivity index (χ3v) is 6.25. The van der Waals surface area contributed by atoms with Crippen molar-refractivity contribution >= 4 is 34.6 Å². The zero-order valence-electron chi connectivity index (χ0n) is 18.9. The van der Waals surface area contributed by atoms with Crippen LogP contribution in [0.3, 0.4) is 0 Å². The van der Waals surface area contributed by atoms with Crippen molar-refractivity contribution < 1.29 is 14.2 Å².